The van der Waals surface area contributed by atoms with Crippen molar-refractivity contribution in [2.24, 2.45) is 0 Å². The molecular weight excluding hydrogens is 424 g/mol. The fraction of sp³-hybridized carbons (Fsp3) is 0.318. The third kappa shape index (κ3) is 5.84. The Labute approximate surface area is 182 Å². The van der Waals surface area contributed by atoms with Crippen LogP contribution in [0.25, 0.3) is 6.08 Å². The number of hydrogen-bond donors (Lipinski definition) is 1. The fourth-order valence-corrected chi connectivity index (χ4v) is 4.51. The molecule has 0 bridgehead atoms. The highest BCUT2D eigenvalue weighted by Crippen LogP contribution is 2.24. The van der Waals surface area contributed by atoms with Gasteiger partial charge in [-0.25, -0.2) is 8.42 Å². The molecule has 0 spiro atoms. The molecule has 1 unspecified atom stereocenters. The lowest BCUT2D eigenvalue weighted by Gasteiger charge is -2.22. The molecule has 1 atom stereocenters. The van der Waals surface area contributed by atoms with E-state index in [-0.39, 0.29) is 16.9 Å². The molecule has 6 nitrogen and oxygen atoms in total. The van der Waals surface area contributed by atoms with Gasteiger partial charge in [0, 0.05) is 25.8 Å². The maximum atomic E-state index is 12.6. The van der Waals surface area contributed by atoms with Crippen LogP contribution in [0.4, 0.5) is 5.69 Å². The Morgan fingerprint density at radius 1 is 1.23 bits per heavy atom. The molecule has 0 radical (unpaired) electrons. The van der Waals surface area contributed by atoms with Crippen LogP contribution in [0, 0.1) is 0 Å². The summed E-state index contributed by atoms with van der Waals surface area (Å²) in [4.78, 5) is 14.3. The SMILES string of the molecule is CCN(CC1CCCO1)C(=O)/C=C/c1ccc(S(=O)(=O)Nc2ccccc2Cl)cc1. The van der Waals surface area contributed by atoms with Gasteiger partial charge in [0.05, 0.1) is 21.7 Å². The molecule has 1 aliphatic rings. The molecule has 1 saturated heterocycles. The van der Waals surface area contributed by atoms with Crippen LogP contribution in [0.5, 0.6) is 0 Å². The van der Waals surface area contributed by atoms with E-state index < -0.39 is 10.0 Å². The summed E-state index contributed by atoms with van der Waals surface area (Å²) in [5.41, 5.74) is 1.05. The molecule has 0 aromatic heterocycles. The van der Waals surface area contributed by atoms with E-state index in [1.807, 2.05) is 6.92 Å². The summed E-state index contributed by atoms with van der Waals surface area (Å²) in [6.07, 6.45) is 5.30. The molecule has 1 heterocycles. The van der Waals surface area contributed by atoms with Gasteiger partial charge in [0.15, 0.2) is 0 Å². The number of nitrogens with zero attached hydrogens (tertiary/aromatic N) is 1. The molecule has 1 amide bonds. The molecule has 160 valence electrons. The summed E-state index contributed by atoms with van der Waals surface area (Å²) in [6, 6.07) is 12.9. The first-order chi connectivity index (χ1) is 14.4. The minimum absolute atomic E-state index is 0.0925. The van der Waals surface area contributed by atoms with E-state index in [9.17, 15) is 13.2 Å². The smallest absolute Gasteiger partial charge is 0.261 e. The minimum Gasteiger partial charge on any atom is -0.376 e. The highest BCUT2D eigenvalue weighted by molar-refractivity contribution is 7.92. The zero-order valence-electron chi connectivity index (χ0n) is 16.8. The van der Waals surface area contributed by atoms with E-state index in [1.54, 1.807) is 47.4 Å². The van der Waals surface area contributed by atoms with Crippen LogP contribution in [0.15, 0.2) is 59.5 Å². The summed E-state index contributed by atoms with van der Waals surface area (Å²) in [6.45, 7) is 3.89. The number of hydrogen-bond acceptors (Lipinski definition) is 4. The average molecular weight is 449 g/mol. The van der Waals surface area contributed by atoms with E-state index in [0.717, 1.165) is 25.0 Å². The van der Waals surface area contributed by atoms with Crippen LogP contribution >= 0.6 is 11.6 Å². The normalized spacial score (nSPS) is 16.7. The molecule has 0 saturated carbocycles. The summed E-state index contributed by atoms with van der Waals surface area (Å²) >= 11 is 6.02. The number of para-hydroxylation sites is 1. The Bertz CT molecular complexity index is 1000. The molecular formula is C22H25ClN2O4S. The van der Waals surface area contributed by atoms with Gasteiger partial charge in [0.2, 0.25) is 5.91 Å². The number of likely N-dealkylation sites (N-methyl/N-ethyl adjacent to an activating group) is 1. The second-order valence-corrected chi connectivity index (χ2v) is 9.09. The minimum atomic E-state index is -3.76. The van der Waals surface area contributed by atoms with Crippen molar-refractivity contribution in [1.29, 1.82) is 0 Å². The number of nitrogens with one attached hydrogen (secondary N) is 1. The standard InChI is InChI=1S/C22H25ClN2O4S/c1-2-25(16-18-6-5-15-29-18)22(26)14-11-17-9-12-19(13-10-17)30(27,28)24-21-8-4-3-7-20(21)23/h3-4,7-14,18,24H,2,5-6,15-16H2,1H3/b14-11+. The third-order valence-corrected chi connectivity index (χ3v) is 6.58. The van der Waals surface area contributed by atoms with Crippen LogP contribution in [0.3, 0.4) is 0 Å². The van der Waals surface area contributed by atoms with Crippen LogP contribution < -0.4 is 4.72 Å². The van der Waals surface area contributed by atoms with Gasteiger partial charge in [-0.3, -0.25) is 9.52 Å². The van der Waals surface area contributed by atoms with Crippen molar-refractivity contribution >= 4 is 39.3 Å². The van der Waals surface area contributed by atoms with Crippen LogP contribution in [-0.4, -0.2) is 45.0 Å². The quantitative estimate of drug-likeness (QED) is 0.614. The van der Waals surface area contributed by atoms with E-state index in [1.165, 1.54) is 18.2 Å². The van der Waals surface area contributed by atoms with Gasteiger partial charge < -0.3 is 9.64 Å². The Hall–Kier alpha value is -2.35. The molecule has 2 aromatic rings. The van der Waals surface area contributed by atoms with Gasteiger partial charge in [-0.15, -0.1) is 0 Å². The summed E-state index contributed by atoms with van der Waals surface area (Å²) in [5, 5.41) is 0.322. The number of halogens is 1. The number of rotatable bonds is 8. The highest BCUT2D eigenvalue weighted by Gasteiger charge is 2.20. The topological polar surface area (TPSA) is 75.7 Å². The van der Waals surface area contributed by atoms with Gasteiger partial charge in [0.1, 0.15) is 0 Å². The van der Waals surface area contributed by atoms with E-state index in [4.69, 9.17) is 16.3 Å². The number of ether oxygens (including phenoxy) is 1. The Kier molecular flexibility index (Phi) is 7.53. The molecule has 3 rings (SSSR count). The summed E-state index contributed by atoms with van der Waals surface area (Å²) < 4.78 is 33.2. The van der Waals surface area contributed by atoms with Crippen LogP contribution in [0.2, 0.25) is 5.02 Å². The van der Waals surface area contributed by atoms with Gasteiger partial charge in [-0.05, 0) is 55.7 Å². The molecule has 1 aliphatic heterocycles. The number of anilines is 1. The zero-order chi connectivity index (χ0) is 21.6. The van der Waals surface area contributed by atoms with Gasteiger partial charge in [-0.2, -0.15) is 0 Å². The fourth-order valence-electron chi connectivity index (χ4n) is 3.19. The molecule has 30 heavy (non-hydrogen) atoms. The van der Waals surface area contributed by atoms with E-state index in [2.05, 4.69) is 4.72 Å². The Morgan fingerprint density at radius 2 is 1.97 bits per heavy atom. The predicted molar refractivity (Wildman–Crippen MR) is 119 cm³/mol. The first-order valence-corrected chi connectivity index (χ1v) is 11.7. The number of benzene rings is 2. The predicted octanol–water partition coefficient (Wildman–Crippen LogP) is 4.18. The van der Waals surface area contributed by atoms with Crippen molar-refractivity contribution < 1.29 is 17.9 Å². The van der Waals surface area contributed by atoms with Gasteiger partial charge >= 0.3 is 0 Å². The number of amides is 1. The maximum Gasteiger partial charge on any atom is 0.261 e. The second kappa shape index (κ2) is 10.1. The lowest BCUT2D eigenvalue weighted by atomic mass is 10.2. The van der Waals surface area contributed by atoms with Gasteiger partial charge in [0.25, 0.3) is 10.0 Å². The van der Waals surface area contributed by atoms with Crippen molar-refractivity contribution in [3.05, 3.63) is 65.2 Å². The summed E-state index contributed by atoms with van der Waals surface area (Å²) in [7, 11) is -3.76. The van der Waals surface area contributed by atoms with E-state index >= 15 is 0 Å². The molecule has 1 fully saturated rings. The number of sulfonamides is 1. The molecule has 8 heteroatoms. The molecule has 0 aliphatic carbocycles. The first-order valence-electron chi connectivity index (χ1n) is 9.85. The van der Waals surface area contributed by atoms with E-state index in [0.29, 0.717) is 23.8 Å². The largest absolute Gasteiger partial charge is 0.376 e. The molecule has 2 aromatic carbocycles. The Morgan fingerprint density at radius 3 is 2.60 bits per heavy atom. The second-order valence-electron chi connectivity index (χ2n) is 7.00. The summed E-state index contributed by atoms with van der Waals surface area (Å²) in [5.74, 6) is -0.0925. The zero-order valence-corrected chi connectivity index (χ0v) is 18.3. The van der Waals surface area contributed by atoms with Crippen molar-refractivity contribution in [2.75, 3.05) is 24.4 Å². The van der Waals surface area contributed by atoms with Crippen molar-refractivity contribution in [2.45, 2.75) is 30.8 Å². The van der Waals surface area contributed by atoms with Gasteiger partial charge in [-0.1, -0.05) is 35.9 Å². The van der Waals surface area contributed by atoms with Crippen molar-refractivity contribution in [3.63, 3.8) is 0 Å². The lowest BCUT2D eigenvalue weighted by molar-refractivity contribution is -0.127. The monoisotopic (exact) mass is 448 g/mol. The Balaban J connectivity index is 1.64. The maximum absolute atomic E-state index is 12.6. The van der Waals surface area contributed by atoms with Crippen molar-refractivity contribution in [3.8, 4) is 0 Å². The number of carbonyl (C=O) groups excluding carboxylic acids is 1. The highest BCUT2D eigenvalue weighted by atomic mass is 35.5. The van der Waals surface area contributed by atoms with Crippen LogP contribution in [-0.2, 0) is 19.6 Å². The molecule has 1 N–H and O–H groups in total. The average Bonchev–Trinajstić information content (AvgIpc) is 3.25. The van der Waals surface area contributed by atoms with Crippen LogP contribution in [0.1, 0.15) is 25.3 Å². The third-order valence-electron chi connectivity index (χ3n) is 4.87. The van der Waals surface area contributed by atoms with Crippen molar-refractivity contribution in [1.82, 2.24) is 4.90 Å². The lowest BCUT2D eigenvalue weighted by Crippen LogP contribution is -2.36. The number of carbonyl (C=O) groups is 1. The first kappa shape index (κ1) is 22.3.